The number of imidazole rings is 1. The fourth-order valence-electron chi connectivity index (χ4n) is 3.94. The van der Waals surface area contributed by atoms with E-state index in [1.54, 1.807) is 43.3 Å². The maximum absolute atomic E-state index is 14.4. The highest BCUT2D eigenvalue weighted by molar-refractivity contribution is 6.07. The van der Waals surface area contributed by atoms with Gasteiger partial charge in [0.25, 0.3) is 5.91 Å². The second kappa shape index (κ2) is 7.25. The van der Waals surface area contributed by atoms with Crippen LogP contribution in [0.1, 0.15) is 21.9 Å². The number of benzene rings is 2. The number of halogens is 1. The summed E-state index contributed by atoms with van der Waals surface area (Å²) in [5, 5.41) is 9.81. The van der Waals surface area contributed by atoms with E-state index in [1.807, 2.05) is 16.7 Å². The van der Waals surface area contributed by atoms with Gasteiger partial charge in [0.2, 0.25) is 0 Å². The number of pyridine rings is 2. The predicted octanol–water partition coefficient (Wildman–Crippen LogP) is 4.05. The van der Waals surface area contributed by atoms with E-state index in [0.29, 0.717) is 39.1 Å². The van der Waals surface area contributed by atoms with E-state index in [-0.39, 0.29) is 16.8 Å². The van der Waals surface area contributed by atoms with Gasteiger partial charge in [-0.25, -0.2) is 14.4 Å². The molecule has 154 valence electrons. The van der Waals surface area contributed by atoms with Crippen molar-refractivity contribution in [3.63, 3.8) is 0 Å². The Labute approximate surface area is 181 Å². The highest BCUT2D eigenvalue weighted by Crippen LogP contribution is 2.32. The van der Waals surface area contributed by atoms with Crippen molar-refractivity contribution in [2.24, 2.45) is 5.73 Å². The SMILES string of the molecule is Cc1nc2c(C(N)=O)cc(-c3ccnc(C#N)c3)cc2n1-c1ccnc2c(F)cccc12. The Kier molecular flexibility index (Phi) is 4.38. The number of carbonyl (C=O) groups is 1. The van der Waals surface area contributed by atoms with Gasteiger partial charge in [0.1, 0.15) is 34.4 Å². The fraction of sp³-hybridized carbons (Fsp3) is 0.0417. The molecule has 0 fully saturated rings. The standard InChI is InChI=1S/C24H15FN6O/c1-13-30-23-18(24(27)32)10-15(14-5-7-28-16(9-14)12-26)11-21(23)31(13)20-6-8-29-22-17(20)3-2-4-19(22)25/h2-11H,1H3,(H2,27,32). The van der Waals surface area contributed by atoms with Crippen molar-refractivity contribution in [2.45, 2.75) is 6.92 Å². The van der Waals surface area contributed by atoms with Crippen LogP contribution in [-0.2, 0) is 0 Å². The molecule has 0 spiro atoms. The number of rotatable bonds is 3. The summed E-state index contributed by atoms with van der Waals surface area (Å²) in [6, 6.07) is 15.5. The first-order valence-corrected chi connectivity index (χ1v) is 9.71. The number of para-hydroxylation sites is 1. The number of aryl methyl sites for hydroxylation is 1. The van der Waals surface area contributed by atoms with E-state index in [9.17, 15) is 14.4 Å². The average Bonchev–Trinajstić information content (AvgIpc) is 3.13. The molecule has 3 heterocycles. The van der Waals surface area contributed by atoms with Gasteiger partial charge in [-0.3, -0.25) is 14.3 Å². The minimum absolute atomic E-state index is 0.241. The number of amides is 1. The molecule has 0 aliphatic heterocycles. The summed E-state index contributed by atoms with van der Waals surface area (Å²) in [7, 11) is 0. The van der Waals surface area contributed by atoms with Gasteiger partial charge >= 0.3 is 0 Å². The molecule has 0 bridgehead atoms. The monoisotopic (exact) mass is 422 g/mol. The Morgan fingerprint density at radius 2 is 1.88 bits per heavy atom. The number of primary amides is 1. The Bertz CT molecular complexity index is 1600. The molecule has 2 aromatic carbocycles. The smallest absolute Gasteiger partial charge is 0.250 e. The lowest BCUT2D eigenvalue weighted by Gasteiger charge is -2.12. The Morgan fingerprint density at radius 1 is 1.06 bits per heavy atom. The first-order chi connectivity index (χ1) is 15.5. The third-order valence-corrected chi connectivity index (χ3v) is 5.34. The maximum Gasteiger partial charge on any atom is 0.250 e. The Balaban J connectivity index is 1.87. The number of nitriles is 1. The van der Waals surface area contributed by atoms with Crippen LogP contribution in [0.4, 0.5) is 4.39 Å². The summed E-state index contributed by atoms with van der Waals surface area (Å²) < 4.78 is 16.2. The number of hydrogen-bond donors (Lipinski definition) is 1. The highest BCUT2D eigenvalue weighted by atomic mass is 19.1. The summed E-state index contributed by atoms with van der Waals surface area (Å²) in [5.74, 6) is -0.448. The molecular formula is C24H15FN6O. The van der Waals surface area contributed by atoms with Gasteiger partial charge in [-0.15, -0.1) is 0 Å². The van der Waals surface area contributed by atoms with Crippen molar-refractivity contribution in [1.29, 1.82) is 5.26 Å². The van der Waals surface area contributed by atoms with E-state index < -0.39 is 11.7 Å². The molecule has 32 heavy (non-hydrogen) atoms. The first-order valence-electron chi connectivity index (χ1n) is 9.71. The van der Waals surface area contributed by atoms with E-state index >= 15 is 0 Å². The van der Waals surface area contributed by atoms with Crippen LogP contribution in [0.5, 0.6) is 0 Å². The lowest BCUT2D eigenvalue weighted by Crippen LogP contribution is -2.12. The minimum atomic E-state index is -0.623. The number of nitrogens with two attached hydrogens (primary N) is 1. The summed E-state index contributed by atoms with van der Waals surface area (Å²) in [4.78, 5) is 25.0. The van der Waals surface area contributed by atoms with Crippen LogP contribution in [0.15, 0.2) is 60.9 Å². The lowest BCUT2D eigenvalue weighted by atomic mass is 10.0. The van der Waals surface area contributed by atoms with Gasteiger partial charge in [-0.2, -0.15) is 5.26 Å². The van der Waals surface area contributed by atoms with Gasteiger partial charge in [0.15, 0.2) is 0 Å². The molecule has 0 aliphatic carbocycles. The van der Waals surface area contributed by atoms with Crippen LogP contribution in [0.2, 0.25) is 0 Å². The minimum Gasteiger partial charge on any atom is -0.366 e. The Hall–Kier alpha value is -4.64. The van der Waals surface area contributed by atoms with Crippen molar-refractivity contribution in [1.82, 2.24) is 19.5 Å². The molecule has 0 radical (unpaired) electrons. The van der Waals surface area contributed by atoms with Gasteiger partial charge in [0.05, 0.1) is 16.8 Å². The fourth-order valence-corrected chi connectivity index (χ4v) is 3.94. The van der Waals surface area contributed by atoms with Gasteiger partial charge < -0.3 is 5.73 Å². The third kappa shape index (κ3) is 2.96. The normalized spacial score (nSPS) is 11.0. The van der Waals surface area contributed by atoms with Crippen LogP contribution in [0.25, 0.3) is 38.8 Å². The van der Waals surface area contributed by atoms with E-state index in [0.717, 1.165) is 0 Å². The summed E-state index contributed by atoms with van der Waals surface area (Å²) in [6.45, 7) is 1.80. The molecule has 5 rings (SSSR count). The second-order valence-corrected chi connectivity index (χ2v) is 7.26. The number of aromatic nitrogens is 4. The zero-order valence-corrected chi connectivity index (χ0v) is 16.9. The van der Waals surface area contributed by atoms with Crippen LogP contribution in [-0.4, -0.2) is 25.4 Å². The molecule has 8 heteroatoms. The Morgan fingerprint density at radius 3 is 2.66 bits per heavy atom. The topological polar surface area (TPSA) is 110 Å². The van der Waals surface area contributed by atoms with E-state index in [2.05, 4.69) is 15.0 Å². The summed E-state index contributed by atoms with van der Waals surface area (Å²) >= 11 is 0. The second-order valence-electron chi connectivity index (χ2n) is 7.26. The van der Waals surface area contributed by atoms with Gasteiger partial charge in [0, 0.05) is 17.8 Å². The van der Waals surface area contributed by atoms with Crippen molar-refractivity contribution in [2.75, 3.05) is 0 Å². The van der Waals surface area contributed by atoms with Crippen LogP contribution in [0.3, 0.4) is 0 Å². The maximum atomic E-state index is 14.4. The lowest BCUT2D eigenvalue weighted by molar-refractivity contribution is 0.100. The number of carbonyl (C=O) groups excluding carboxylic acids is 1. The molecule has 0 unspecified atom stereocenters. The average molecular weight is 422 g/mol. The van der Waals surface area contributed by atoms with Crippen LogP contribution >= 0.6 is 0 Å². The molecule has 2 N–H and O–H groups in total. The van der Waals surface area contributed by atoms with E-state index in [1.165, 1.54) is 18.5 Å². The molecule has 0 saturated carbocycles. The molecular weight excluding hydrogens is 407 g/mol. The molecule has 0 saturated heterocycles. The molecule has 5 aromatic rings. The van der Waals surface area contributed by atoms with E-state index in [4.69, 9.17) is 5.73 Å². The van der Waals surface area contributed by atoms with Crippen molar-refractivity contribution in [3.8, 4) is 22.9 Å². The van der Waals surface area contributed by atoms with Crippen LogP contribution in [0, 0.1) is 24.1 Å². The molecule has 7 nitrogen and oxygen atoms in total. The van der Waals surface area contributed by atoms with Crippen molar-refractivity contribution < 1.29 is 9.18 Å². The summed E-state index contributed by atoms with van der Waals surface area (Å²) in [5.41, 5.74) is 9.55. The van der Waals surface area contributed by atoms with Crippen molar-refractivity contribution >= 4 is 27.8 Å². The van der Waals surface area contributed by atoms with Crippen molar-refractivity contribution in [3.05, 3.63) is 83.8 Å². The molecule has 0 atom stereocenters. The molecule has 0 aliphatic rings. The van der Waals surface area contributed by atoms with Gasteiger partial charge in [-0.1, -0.05) is 12.1 Å². The van der Waals surface area contributed by atoms with Crippen LogP contribution < -0.4 is 5.73 Å². The summed E-state index contributed by atoms with van der Waals surface area (Å²) in [6.07, 6.45) is 3.07. The highest BCUT2D eigenvalue weighted by Gasteiger charge is 2.19. The molecule has 3 aromatic heterocycles. The largest absolute Gasteiger partial charge is 0.366 e. The number of hydrogen-bond acceptors (Lipinski definition) is 5. The zero-order chi connectivity index (χ0) is 22.4. The quantitative estimate of drug-likeness (QED) is 0.471. The van der Waals surface area contributed by atoms with Gasteiger partial charge in [-0.05, 0) is 54.4 Å². The predicted molar refractivity (Wildman–Crippen MR) is 118 cm³/mol. The third-order valence-electron chi connectivity index (χ3n) is 5.34. The zero-order valence-electron chi connectivity index (χ0n) is 16.9. The number of fused-ring (bicyclic) bond motifs is 2. The number of nitrogens with zero attached hydrogens (tertiary/aromatic N) is 5. The first kappa shape index (κ1) is 19.3. The molecule has 1 amide bonds.